The molecular weight excluding hydrogens is 424 g/mol. The SMILES string of the molecule is CCC(=O)OCc1cn(CCCCOc2ccc(/C=N/NC(=O)c3ccncc3)cc2)nn1. The maximum atomic E-state index is 11.9. The number of aromatic nitrogens is 4. The zero-order valence-corrected chi connectivity index (χ0v) is 18.4. The van der Waals surface area contributed by atoms with Crippen molar-refractivity contribution in [2.75, 3.05) is 6.61 Å². The number of carbonyl (C=O) groups is 2. The summed E-state index contributed by atoms with van der Waals surface area (Å²) in [5.74, 6) is 0.208. The van der Waals surface area contributed by atoms with Gasteiger partial charge in [0, 0.05) is 30.9 Å². The van der Waals surface area contributed by atoms with Gasteiger partial charge in [-0.05, 0) is 54.8 Å². The summed E-state index contributed by atoms with van der Waals surface area (Å²) in [6.07, 6.45) is 8.52. The average molecular weight is 450 g/mol. The molecule has 1 aromatic carbocycles. The number of ether oxygens (including phenoxy) is 2. The minimum atomic E-state index is -0.296. The molecule has 3 rings (SSSR count). The number of benzene rings is 1. The normalized spacial score (nSPS) is 10.8. The first-order valence-electron chi connectivity index (χ1n) is 10.6. The maximum Gasteiger partial charge on any atom is 0.305 e. The second kappa shape index (κ2) is 12.7. The van der Waals surface area contributed by atoms with Gasteiger partial charge >= 0.3 is 5.97 Å². The van der Waals surface area contributed by atoms with Crippen LogP contribution in [0.25, 0.3) is 0 Å². The lowest BCUT2D eigenvalue weighted by atomic mass is 10.2. The number of hydrogen-bond donors (Lipinski definition) is 1. The van der Waals surface area contributed by atoms with Crippen LogP contribution in [0.4, 0.5) is 0 Å². The van der Waals surface area contributed by atoms with Gasteiger partial charge < -0.3 is 9.47 Å². The summed E-state index contributed by atoms with van der Waals surface area (Å²) < 4.78 is 12.5. The molecule has 3 aromatic rings. The second-order valence-electron chi connectivity index (χ2n) is 7.05. The number of nitrogens with zero attached hydrogens (tertiary/aromatic N) is 5. The Bertz CT molecular complexity index is 1050. The summed E-state index contributed by atoms with van der Waals surface area (Å²) in [5.41, 5.74) is 4.44. The van der Waals surface area contributed by atoms with Crippen LogP contribution in [0.3, 0.4) is 0 Å². The van der Waals surface area contributed by atoms with Crippen LogP contribution >= 0.6 is 0 Å². The number of aryl methyl sites for hydroxylation is 1. The molecule has 0 aliphatic carbocycles. The Morgan fingerprint density at radius 2 is 1.91 bits per heavy atom. The van der Waals surface area contributed by atoms with Crippen molar-refractivity contribution in [3.8, 4) is 5.75 Å². The predicted molar refractivity (Wildman–Crippen MR) is 121 cm³/mol. The Balaban J connectivity index is 1.32. The molecule has 0 aliphatic rings. The van der Waals surface area contributed by atoms with Crippen molar-refractivity contribution in [3.63, 3.8) is 0 Å². The van der Waals surface area contributed by atoms with Gasteiger partial charge in [-0.1, -0.05) is 12.1 Å². The number of esters is 1. The summed E-state index contributed by atoms with van der Waals surface area (Å²) in [4.78, 5) is 27.0. The molecule has 1 amide bonds. The summed E-state index contributed by atoms with van der Waals surface area (Å²) in [6, 6.07) is 10.7. The van der Waals surface area contributed by atoms with E-state index in [0.29, 0.717) is 30.8 Å². The quantitative estimate of drug-likeness (QED) is 0.195. The maximum absolute atomic E-state index is 11.9. The van der Waals surface area contributed by atoms with E-state index in [2.05, 4.69) is 25.8 Å². The molecule has 10 heteroatoms. The van der Waals surface area contributed by atoms with Crippen LogP contribution < -0.4 is 10.2 Å². The van der Waals surface area contributed by atoms with Gasteiger partial charge in [0.2, 0.25) is 0 Å². The number of amides is 1. The first-order valence-corrected chi connectivity index (χ1v) is 10.6. The van der Waals surface area contributed by atoms with E-state index < -0.39 is 0 Å². The van der Waals surface area contributed by atoms with Crippen molar-refractivity contribution in [2.24, 2.45) is 5.10 Å². The summed E-state index contributed by atoms with van der Waals surface area (Å²) >= 11 is 0. The Morgan fingerprint density at radius 3 is 2.67 bits per heavy atom. The number of pyridine rings is 1. The standard InChI is InChI=1S/C23H26N6O4/c1-2-22(30)33-17-20-16-29(28-26-20)13-3-4-14-32-21-7-5-18(6-8-21)15-25-27-23(31)19-9-11-24-12-10-19/h5-12,15-16H,2-4,13-14,17H2,1H3,(H,27,31)/b25-15+. The molecule has 0 saturated carbocycles. The Morgan fingerprint density at radius 1 is 1.12 bits per heavy atom. The molecule has 0 spiro atoms. The summed E-state index contributed by atoms with van der Waals surface area (Å²) in [7, 11) is 0. The number of hydrogen-bond acceptors (Lipinski definition) is 8. The fraction of sp³-hybridized carbons (Fsp3) is 0.304. The number of unbranched alkanes of at least 4 members (excludes halogenated alkanes) is 1. The first kappa shape index (κ1) is 23.6. The zero-order valence-electron chi connectivity index (χ0n) is 18.4. The number of rotatable bonds is 12. The highest BCUT2D eigenvalue weighted by atomic mass is 16.5. The van der Waals surface area contributed by atoms with Gasteiger partial charge in [-0.15, -0.1) is 5.10 Å². The lowest BCUT2D eigenvalue weighted by Gasteiger charge is -2.06. The number of nitrogens with one attached hydrogen (secondary N) is 1. The minimum Gasteiger partial charge on any atom is -0.494 e. The van der Waals surface area contributed by atoms with Crippen LogP contribution in [0.1, 0.15) is 47.8 Å². The topological polar surface area (TPSA) is 121 Å². The van der Waals surface area contributed by atoms with E-state index in [1.165, 1.54) is 0 Å². The van der Waals surface area contributed by atoms with E-state index in [4.69, 9.17) is 9.47 Å². The molecule has 0 unspecified atom stereocenters. The van der Waals surface area contributed by atoms with Crippen molar-refractivity contribution in [3.05, 3.63) is 71.8 Å². The van der Waals surface area contributed by atoms with Crippen LogP contribution in [0.15, 0.2) is 60.1 Å². The van der Waals surface area contributed by atoms with Crippen molar-refractivity contribution in [2.45, 2.75) is 39.3 Å². The zero-order chi connectivity index (χ0) is 23.3. The van der Waals surface area contributed by atoms with E-state index in [0.717, 1.165) is 24.2 Å². The van der Waals surface area contributed by atoms with Crippen LogP contribution in [-0.4, -0.2) is 44.7 Å². The van der Waals surface area contributed by atoms with E-state index >= 15 is 0 Å². The van der Waals surface area contributed by atoms with Crippen molar-refractivity contribution in [1.82, 2.24) is 25.4 Å². The van der Waals surface area contributed by atoms with E-state index in [1.807, 2.05) is 24.3 Å². The molecule has 10 nitrogen and oxygen atoms in total. The lowest BCUT2D eigenvalue weighted by Crippen LogP contribution is -2.17. The molecule has 0 radical (unpaired) electrons. The van der Waals surface area contributed by atoms with Crippen molar-refractivity contribution >= 4 is 18.1 Å². The third-order valence-corrected chi connectivity index (χ3v) is 4.51. The molecular formula is C23H26N6O4. The molecule has 0 saturated heterocycles. The van der Waals surface area contributed by atoms with Gasteiger partial charge in [0.25, 0.3) is 5.91 Å². The predicted octanol–water partition coefficient (Wildman–Crippen LogP) is 2.75. The molecule has 2 heterocycles. The van der Waals surface area contributed by atoms with E-state index in [-0.39, 0.29) is 18.5 Å². The first-order chi connectivity index (χ1) is 16.1. The highest BCUT2D eigenvalue weighted by Crippen LogP contribution is 2.12. The van der Waals surface area contributed by atoms with E-state index in [9.17, 15) is 9.59 Å². The summed E-state index contributed by atoms with van der Waals surface area (Å²) in [5, 5.41) is 12.0. The summed E-state index contributed by atoms with van der Waals surface area (Å²) in [6.45, 7) is 3.18. The fourth-order valence-electron chi connectivity index (χ4n) is 2.72. The molecule has 0 bridgehead atoms. The Hall–Kier alpha value is -4.08. The Labute approximate surface area is 191 Å². The Kier molecular flexibility index (Phi) is 9.07. The van der Waals surface area contributed by atoms with Gasteiger partial charge in [0.1, 0.15) is 18.1 Å². The third kappa shape index (κ3) is 8.17. The van der Waals surface area contributed by atoms with Gasteiger partial charge in [-0.2, -0.15) is 5.10 Å². The van der Waals surface area contributed by atoms with Crippen LogP contribution in [-0.2, 0) is 22.7 Å². The van der Waals surface area contributed by atoms with Crippen molar-refractivity contribution in [1.29, 1.82) is 0 Å². The smallest absolute Gasteiger partial charge is 0.305 e. The van der Waals surface area contributed by atoms with Gasteiger partial charge in [0.15, 0.2) is 0 Å². The highest BCUT2D eigenvalue weighted by molar-refractivity contribution is 5.94. The highest BCUT2D eigenvalue weighted by Gasteiger charge is 2.05. The molecule has 0 aliphatic heterocycles. The largest absolute Gasteiger partial charge is 0.494 e. The average Bonchev–Trinajstić information content (AvgIpc) is 3.31. The lowest BCUT2D eigenvalue weighted by molar-refractivity contribution is -0.144. The molecule has 33 heavy (non-hydrogen) atoms. The number of carbonyl (C=O) groups excluding carboxylic acids is 2. The monoisotopic (exact) mass is 450 g/mol. The molecule has 2 aromatic heterocycles. The molecule has 0 fully saturated rings. The molecule has 172 valence electrons. The van der Waals surface area contributed by atoms with Gasteiger partial charge in [0.05, 0.1) is 19.0 Å². The number of hydrazone groups is 1. The second-order valence-corrected chi connectivity index (χ2v) is 7.05. The fourth-order valence-corrected chi connectivity index (χ4v) is 2.72. The molecule has 1 N–H and O–H groups in total. The van der Waals surface area contributed by atoms with Crippen LogP contribution in [0, 0.1) is 0 Å². The van der Waals surface area contributed by atoms with Crippen molar-refractivity contribution < 1.29 is 19.1 Å². The third-order valence-electron chi connectivity index (χ3n) is 4.51. The van der Waals surface area contributed by atoms with Gasteiger partial charge in [-0.25, -0.2) is 5.43 Å². The minimum absolute atomic E-state index is 0.146. The molecule has 0 atom stereocenters. The van der Waals surface area contributed by atoms with Gasteiger partial charge in [-0.3, -0.25) is 19.3 Å². The van der Waals surface area contributed by atoms with Crippen LogP contribution in [0.2, 0.25) is 0 Å². The van der Waals surface area contributed by atoms with Crippen LogP contribution in [0.5, 0.6) is 5.75 Å². The van der Waals surface area contributed by atoms with E-state index in [1.54, 1.807) is 48.5 Å².